The van der Waals surface area contributed by atoms with Crippen LogP contribution in [0, 0.1) is 0 Å². The molecule has 120 valence electrons. The number of aromatic nitrogens is 2. The number of fused-ring (bicyclic) bond motifs is 2. The first-order chi connectivity index (χ1) is 11.8. The number of anilines is 1. The second-order valence-corrected chi connectivity index (χ2v) is 7.61. The van der Waals surface area contributed by atoms with Gasteiger partial charge < -0.3 is 5.32 Å². The van der Waals surface area contributed by atoms with Gasteiger partial charge >= 0.3 is 0 Å². The number of thiazole rings is 2. The maximum atomic E-state index is 12.1. The molecule has 24 heavy (non-hydrogen) atoms. The Morgan fingerprint density at radius 1 is 0.917 bits per heavy atom. The smallest absolute Gasteiger partial charge is 0.226 e. The topological polar surface area (TPSA) is 54.9 Å². The van der Waals surface area contributed by atoms with Gasteiger partial charge in [-0.2, -0.15) is 0 Å². The van der Waals surface area contributed by atoms with Crippen molar-refractivity contribution in [2.24, 2.45) is 0 Å². The van der Waals surface area contributed by atoms with Crippen molar-refractivity contribution in [1.82, 2.24) is 9.97 Å². The molecular formula is C18H15N3OS2. The van der Waals surface area contributed by atoms with Gasteiger partial charge in [0.2, 0.25) is 5.91 Å². The monoisotopic (exact) mass is 353 g/mol. The van der Waals surface area contributed by atoms with Crippen LogP contribution >= 0.6 is 22.7 Å². The summed E-state index contributed by atoms with van der Waals surface area (Å²) in [4.78, 5) is 21.1. The Morgan fingerprint density at radius 3 is 2.29 bits per heavy atom. The molecule has 1 amide bonds. The van der Waals surface area contributed by atoms with Crippen molar-refractivity contribution >= 4 is 54.1 Å². The van der Waals surface area contributed by atoms with Gasteiger partial charge in [-0.3, -0.25) is 4.79 Å². The molecule has 2 heterocycles. The predicted octanol–water partition coefficient (Wildman–Crippen LogP) is 4.87. The summed E-state index contributed by atoms with van der Waals surface area (Å²) in [5.74, 6) is 0.00941. The quantitative estimate of drug-likeness (QED) is 0.557. The number of hydrogen-bond donors (Lipinski definition) is 1. The molecule has 0 aliphatic heterocycles. The zero-order valence-electron chi connectivity index (χ0n) is 12.9. The molecule has 1 N–H and O–H groups in total. The van der Waals surface area contributed by atoms with Crippen LogP contribution in [0.1, 0.15) is 17.8 Å². The molecule has 0 saturated carbocycles. The molecule has 0 fully saturated rings. The second-order valence-electron chi connectivity index (χ2n) is 5.46. The number of aryl methyl sites for hydroxylation is 1. The number of carbonyl (C=O) groups is 1. The summed E-state index contributed by atoms with van der Waals surface area (Å²) in [6.07, 6.45) is 2.09. The number of nitrogens with one attached hydrogen (secondary N) is 1. The average molecular weight is 353 g/mol. The second kappa shape index (κ2) is 6.67. The minimum absolute atomic E-state index is 0.00941. The van der Waals surface area contributed by atoms with Crippen molar-refractivity contribution in [3.8, 4) is 0 Å². The van der Waals surface area contributed by atoms with Crippen LogP contribution in [0.2, 0.25) is 0 Å². The lowest BCUT2D eigenvalue weighted by atomic mass is 10.2. The van der Waals surface area contributed by atoms with E-state index in [0.717, 1.165) is 33.6 Å². The number of amides is 1. The van der Waals surface area contributed by atoms with E-state index >= 15 is 0 Å². The average Bonchev–Trinajstić information content (AvgIpc) is 3.17. The number of hydrogen-bond acceptors (Lipinski definition) is 5. The maximum Gasteiger partial charge on any atom is 0.226 e. The van der Waals surface area contributed by atoms with Gasteiger partial charge in [0.05, 0.1) is 25.4 Å². The number of rotatable bonds is 5. The molecule has 2 aromatic carbocycles. The molecule has 0 atom stereocenters. The molecule has 0 bridgehead atoms. The Balaban J connectivity index is 1.33. The first-order valence-electron chi connectivity index (χ1n) is 7.78. The molecular weight excluding hydrogens is 338 g/mol. The fourth-order valence-electron chi connectivity index (χ4n) is 2.53. The van der Waals surface area contributed by atoms with Crippen molar-refractivity contribution < 1.29 is 4.79 Å². The van der Waals surface area contributed by atoms with Crippen molar-refractivity contribution in [3.63, 3.8) is 0 Å². The number of benzene rings is 2. The Labute approximate surface area is 147 Å². The van der Waals surface area contributed by atoms with Gasteiger partial charge in [0.25, 0.3) is 0 Å². The lowest BCUT2D eigenvalue weighted by molar-refractivity contribution is -0.116. The van der Waals surface area contributed by atoms with Crippen LogP contribution in [0.25, 0.3) is 20.4 Å². The predicted molar refractivity (Wildman–Crippen MR) is 101 cm³/mol. The molecule has 4 rings (SSSR count). The first kappa shape index (κ1) is 15.2. The van der Waals surface area contributed by atoms with Gasteiger partial charge in [-0.1, -0.05) is 35.6 Å². The lowest BCUT2D eigenvalue weighted by Crippen LogP contribution is -2.11. The Bertz CT molecular complexity index is 940. The number of nitrogens with zero attached hydrogens (tertiary/aromatic N) is 2. The molecule has 0 spiro atoms. The van der Waals surface area contributed by atoms with E-state index in [1.54, 1.807) is 11.3 Å². The fraction of sp³-hybridized carbons (Fsp3) is 0.167. The third kappa shape index (κ3) is 3.29. The van der Waals surface area contributed by atoms with Gasteiger partial charge in [0.15, 0.2) is 5.13 Å². The van der Waals surface area contributed by atoms with Crippen molar-refractivity contribution in [3.05, 3.63) is 53.5 Å². The molecule has 6 heteroatoms. The van der Waals surface area contributed by atoms with Gasteiger partial charge in [-0.05, 0) is 37.1 Å². The molecule has 0 radical (unpaired) electrons. The maximum absolute atomic E-state index is 12.1. The number of carbonyl (C=O) groups excluding carboxylic acids is 1. The van der Waals surface area contributed by atoms with Gasteiger partial charge in [0, 0.05) is 6.42 Å². The van der Waals surface area contributed by atoms with Gasteiger partial charge in [0.1, 0.15) is 0 Å². The zero-order valence-corrected chi connectivity index (χ0v) is 14.5. The lowest BCUT2D eigenvalue weighted by Gasteiger charge is -2.00. The summed E-state index contributed by atoms with van der Waals surface area (Å²) in [5.41, 5.74) is 1.96. The Hall–Kier alpha value is -2.31. The summed E-state index contributed by atoms with van der Waals surface area (Å²) in [6, 6.07) is 16.0. The minimum Gasteiger partial charge on any atom is -0.302 e. The molecule has 0 aliphatic carbocycles. The van der Waals surface area contributed by atoms with Crippen LogP contribution in [-0.2, 0) is 11.2 Å². The van der Waals surface area contributed by atoms with Crippen LogP contribution < -0.4 is 5.32 Å². The van der Waals surface area contributed by atoms with Gasteiger partial charge in [-0.25, -0.2) is 9.97 Å². The summed E-state index contributed by atoms with van der Waals surface area (Å²) in [5, 5.41) is 4.65. The van der Waals surface area contributed by atoms with Crippen LogP contribution in [0.3, 0.4) is 0 Å². The summed E-state index contributed by atoms with van der Waals surface area (Å²) in [7, 11) is 0. The van der Waals surface area contributed by atoms with Crippen LogP contribution in [0.4, 0.5) is 5.13 Å². The molecule has 4 nitrogen and oxygen atoms in total. The molecule has 0 aliphatic rings. The van der Waals surface area contributed by atoms with Gasteiger partial charge in [-0.15, -0.1) is 11.3 Å². The van der Waals surface area contributed by atoms with Crippen molar-refractivity contribution in [1.29, 1.82) is 0 Å². The summed E-state index contributed by atoms with van der Waals surface area (Å²) >= 11 is 3.21. The highest BCUT2D eigenvalue weighted by molar-refractivity contribution is 7.22. The third-order valence-electron chi connectivity index (χ3n) is 3.67. The van der Waals surface area contributed by atoms with E-state index in [9.17, 15) is 4.79 Å². The first-order valence-corrected chi connectivity index (χ1v) is 9.41. The SMILES string of the molecule is O=C(CCCc1nc2ccccc2s1)Nc1nc2ccccc2s1. The summed E-state index contributed by atoms with van der Waals surface area (Å²) < 4.78 is 2.29. The third-order valence-corrected chi connectivity index (χ3v) is 5.72. The van der Waals surface area contributed by atoms with E-state index in [0.29, 0.717) is 11.6 Å². The van der Waals surface area contributed by atoms with Crippen LogP contribution in [-0.4, -0.2) is 15.9 Å². The van der Waals surface area contributed by atoms with E-state index < -0.39 is 0 Å². The minimum atomic E-state index is 0.00941. The Kier molecular flexibility index (Phi) is 4.23. The largest absolute Gasteiger partial charge is 0.302 e. The number of para-hydroxylation sites is 2. The highest BCUT2D eigenvalue weighted by atomic mass is 32.1. The molecule has 4 aromatic rings. The van der Waals surface area contributed by atoms with Crippen molar-refractivity contribution in [2.75, 3.05) is 5.32 Å². The van der Waals surface area contributed by atoms with E-state index in [1.807, 2.05) is 42.5 Å². The summed E-state index contributed by atoms with van der Waals surface area (Å²) in [6.45, 7) is 0. The highest BCUT2D eigenvalue weighted by Gasteiger charge is 2.09. The van der Waals surface area contributed by atoms with Crippen LogP contribution in [0.15, 0.2) is 48.5 Å². The molecule has 2 aromatic heterocycles. The molecule has 0 saturated heterocycles. The fourth-order valence-corrected chi connectivity index (χ4v) is 4.43. The van der Waals surface area contributed by atoms with Crippen LogP contribution in [0.5, 0.6) is 0 Å². The van der Waals surface area contributed by atoms with Crippen molar-refractivity contribution in [2.45, 2.75) is 19.3 Å². The Morgan fingerprint density at radius 2 is 1.58 bits per heavy atom. The highest BCUT2D eigenvalue weighted by Crippen LogP contribution is 2.26. The zero-order chi connectivity index (χ0) is 16.4. The van der Waals surface area contributed by atoms with E-state index in [4.69, 9.17) is 0 Å². The normalized spacial score (nSPS) is 11.2. The standard InChI is InChI=1S/C18H15N3OS2/c22-16(21-18-20-13-7-2-4-9-15(13)24-18)10-5-11-17-19-12-6-1-3-8-14(12)23-17/h1-4,6-9H,5,10-11H2,(H,20,21,22). The molecule has 0 unspecified atom stereocenters. The van der Waals surface area contributed by atoms with E-state index in [-0.39, 0.29) is 5.91 Å². The van der Waals surface area contributed by atoms with E-state index in [2.05, 4.69) is 21.4 Å². The van der Waals surface area contributed by atoms with E-state index in [1.165, 1.54) is 16.0 Å².